The normalized spacial score (nSPS) is 10.8. The lowest BCUT2D eigenvalue weighted by Gasteiger charge is -2.10. The predicted molar refractivity (Wildman–Crippen MR) is 96.2 cm³/mol. The van der Waals surface area contributed by atoms with Gasteiger partial charge in [-0.2, -0.15) is 5.10 Å². The van der Waals surface area contributed by atoms with Gasteiger partial charge in [-0.15, -0.1) is 11.3 Å². The van der Waals surface area contributed by atoms with Gasteiger partial charge in [-0.25, -0.2) is 4.98 Å². The minimum atomic E-state index is -0.232. The molecule has 0 radical (unpaired) electrons. The maximum absolute atomic E-state index is 12.4. The van der Waals surface area contributed by atoms with Gasteiger partial charge in [0.2, 0.25) is 0 Å². The summed E-state index contributed by atoms with van der Waals surface area (Å²) in [6, 6.07) is 3.65. The molecule has 0 saturated carbocycles. The number of hydrogen-bond acceptors (Lipinski definition) is 4. The van der Waals surface area contributed by atoms with E-state index in [4.69, 9.17) is 11.6 Å². The first-order chi connectivity index (χ1) is 10.9. The zero-order valence-electron chi connectivity index (χ0n) is 12.3. The van der Waals surface area contributed by atoms with Gasteiger partial charge in [0.15, 0.2) is 0 Å². The van der Waals surface area contributed by atoms with Gasteiger partial charge in [0.1, 0.15) is 9.88 Å². The second-order valence-electron chi connectivity index (χ2n) is 4.97. The van der Waals surface area contributed by atoms with Crippen molar-refractivity contribution >= 4 is 50.5 Å². The molecule has 1 aromatic carbocycles. The van der Waals surface area contributed by atoms with Crippen LogP contribution in [-0.4, -0.2) is 20.7 Å². The first-order valence-electron chi connectivity index (χ1n) is 6.66. The minimum Gasteiger partial charge on any atom is -0.320 e. The fourth-order valence-electron chi connectivity index (χ4n) is 2.08. The van der Waals surface area contributed by atoms with Gasteiger partial charge in [-0.3, -0.25) is 9.48 Å². The van der Waals surface area contributed by atoms with E-state index in [1.54, 1.807) is 23.1 Å². The van der Waals surface area contributed by atoms with Crippen LogP contribution in [0.25, 0.3) is 10.6 Å². The zero-order chi connectivity index (χ0) is 16.6. The topological polar surface area (TPSA) is 59.8 Å². The Hall–Kier alpha value is -1.70. The zero-order valence-corrected chi connectivity index (χ0v) is 15.5. The van der Waals surface area contributed by atoms with Gasteiger partial charge in [-0.05, 0) is 24.6 Å². The molecular weight excluding hydrogens is 400 g/mol. The summed E-state index contributed by atoms with van der Waals surface area (Å²) >= 11 is 10.9. The number of amides is 1. The van der Waals surface area contributed by atoms with Crippen molar-refractivity contribution in [2.24, 2.45) is 7.05 Å². The lowest BCUT2D eigenvalue weighted by molar-refractivity contribution is 0.103. The van der Waals surface area contributed by atoms with Crippen LogP contribution in [0, 0.1) is 6.92 Å². The van der Waals surface area contributed by atoms with Crippen LogP contribution in [0.3, 0.4) is 0 Å². The highest BCUT2D eigenvalue weighted by molar-refractivity contribution is 9.10. The van der Waals surface area contributed by atoms with E-state index in [1.165, 1.54) is 11.3 Å². The van der Waals surface area contributed by atoms with Crippen LogP contribution in [0.5, 0.6) is 0 Å². The molecule has 23 heavy (non-hydrogen) atoms. The second kappa shape index (κ2) is 6.43. The molecule has 2 aromatic heterocycles. The molecule has 8 heteroatoms. The van der Waals surface area contributed by atoms with Gasteiger partial charge in [0.25, 0.3) is 5.91 Å². The van der Waals surface area contributed by atoms with Crippen molar-refractivity contribution in [2.75, 3.05) is 5.32 Å². The van der Waals surface area contributed by atoms with E-state index < -0.39 is 0 Å². The van der Waals surface area contributed by atoms with Crippen molar-refractivity contribution in [3.8, 4) is 10.6 Å². The number of anilines is 1. The second-order valence-corrected chi connectivity index (χ2v) is 7.32. The number of carbonyl (C=O) groups is 1. The Balaban J connectivity index is 1.83. The molecule has 0 spiro atoms. The van der Waals surface area contributed by atoms with Gasteiger partial charge in [-0.1, -0.05) is 27.5 Å². The maximum atomic E-state index is 12.4. The highest BCUT2D eigenvalue weighted by atomic mass is 79.9. The van der Waals surface area contributed by atoms with Crippen molar-refractivity contribution < 1.29 is 4.79 Å². The molecule has 2 heterocycles. The van der Waals surface area contributed by atoms with Gasteiger partial charge in [0.05, 0.1) is 23.1 Å². The van der Waals surface area contributed by atoms with Crippen LogP contribution in [0.1, 0.15) is 15.2 Å². The Morgan fingerprint density at radius 3 is 2.83 bits per heavy atom. The molecule has 3 rings (SSSR count). The van der Waals surface area contributed by atoms with E-state index in [0.29, 0.717) is 15.6 Å². The Labute approximate surface area is 150 Å². The van der Waals surface area contributed by atoms with E-state index >= 15 is 0 Å². The average Bonchev–Trinajstić information content (AvgIpc) is 3.11. The van der Waals surface area contributed by atoms with Gasteiger partial charge in [0, 0.05) is 23.3 Å². The van der Waals surface area contributed by atoms with E-state index in [0.717, 1.165) is 20.6 Å². The number of nitrogens with zero attached hydrogens (tertiary/aromatic N) is 3. The molecule has 0 aliphatic rings. The molecule has 0 fully saturated rings. The summed E-state index contributed by atoms with van der Waals surface area (Å²) in [5.74, 6) is -0.232. The molecule has 0 atom stereocenters. The Bertz CT molecular complexity index is 866. The molecular formula is C15H12BrClN4OS. The van der Waals surface area contributed by atoms with E-state index in [-0.39, 0.29) is 5.91 Å². The molecule has 1 amide bonds. The smallest absolute Gasteiger partial charge is 0.267 e. The number of halogens is 2. The monoisotopic (exact) mass is 410 g/mol. The highest BCUT2D eigenvalue weighted by Gasteiger charge is 2.15. The number of aryl methyl sites for hydroxylation is 2. The minimum absolute atomic E-state index is 0.232. The van der Waals surface area contributed by atoms with Crippen LogP contribution in [0.4, 0.5) is 5.69 Å². The summed E-state index contributed by atoms with van der Waals surface area (Å²) in [5, 5.41) is 8.20. The first kappa shape index (κ1) is 16.2. The molecule has 0 saturated heterocycles. The summed E-state index contributed by atoms with van der Waals surface area (Å²) in [4.78, 5) is 17.2. The Morgan fingerprint density at radius 1 is 1.39 bits per heavy atom. The number of benzene rings is 1. The van der Waals surface area contributed by atoms with Crippen molar-refractivity contribution in [3.05, 3.63) is 50.7 Å². The fourth-order valence-corrected chi connectivity index (χ4v) is 3.88. The average molecular weight is 412 g/mol. The Morgan fingerprint density at radius 2 is 2.17 bits per heavy atom. The van der Waals surface area contributed by atoms with Gasteiger partial charge < -0.3 is 5.32 Å². The van der Waals surface area contributed by atoms with Crippen molar-refractivity contribution in [1.29, 1.82) is 0 Å². The quantitative estimate of drug-likeness (QED) is 0.689. The third-order valence-electron chi connectivity index (χ3n) is 3.17. The predicted octanol–water partition coefficient (Wildman–Crippen LogP) is 4.52. The summed E-state index contributed by atoms with van der Waals surface area (Å²) in [7, 11) is 1.84. The number of nitrogens with one attached hydrogen (secondary N) is 1. The van der Waals surface area contributed by atoms with Crippen LogP contribution in [-0.2, 0) is 7.05 Å². The standard InChI is InChI=1S/C15H12BrClN4OS/c1-8-3-10(16)4-11(17)13(8)20-14(22)12-6-18-15(23-12)9-5-19-21(2)7-9/h3-7H,1-2H3,(H,20,22). The van der Waals surface area contributed by atoms with Gasteiger partial charge >= 0.3 is 0 Å². The molecule has 1 N–H and O–H groups in total. The number of thiazole rings is 1. The van der Waals surface area contributed by atoms with Crippen molar-refractivity contribution in [1.82, 2.24) is 14.8 Å². The first-order valence-corrected chi connectivity index (χ1v) is 8.64. The maximum Gasteiger partial charge on any atom is 0.267 e. The molecule has 118 valence electrons. The summed E-state index contributed by atoms with van der Waals surface area (Å²) in [6.07, 6.45) is 5.14. The molecule has 3 aromatic rings. The SMILES string of the molecule is Cc1cc(Br)cc(Cl)c1NC(=O)c1cnc(-c2cnn(C)c2)s1. The van der Waals surface area contributed by atoms with Crippen molar-refractivity contribution in [3.63, 3.8) is 0 Å². The van der Waals surface area contributed by atoms with E-state index in [1.807, 2.05) is 26.2 Å². The van der Waals surface area contributed by atoms with E-state index in [2.05, 4.69) is 31.3 Å². The summed E-state index contributed by atoms with van der Waals surface area (Å²) < 4.78 is 2.57. The van der Waals surface area contributed by atoms with Crippen LogP contribution in [0.2, 0.25) is 5.02 Å². The summed E-state index contributed by atoms with van der Waals surface area (Å²) in [5.41, 5.74) is 2.38. The number of rotatable bonds is 3. The molecule has 0 aliphatic heterocycles. The number of hydrogen-bond donors (Lipinski definition) is 1. The third kappa shape index (κ3) is 3.46. The van der Waals surface area contributed by atoms with Crippen LogP contribution >= 0.6 is 38.9 Å². The largest absolute Gasteiger partial charge is 0.320 e. The molecule has 5 nitrogen and oxygen atoms in total. The Kier molecular flexibility index (Phi) is 4.52. The van der Waals surface area contributed by atoms with Crippen LogP contribution in [0.15, 0.2) is 35.2 Å². The lowest BCUT2D eigenvalue weighted by atomic mass is 10.2. The van der Waals surface area contributed by atoms with Crippen molar-refractivity contribution in [2.45, 2.75) is 6.92 Å². The molecule has 0 unspecified atom stereocenters. The highest BCUT2D eigenvalue weighted by Crippen LogP contribution is 2.31. The number of carbonyl (C=O) groups excluding carboxylic acids is 1. The number of aromatic nitrogens is 3. The summed E-state index contributed by atoms with van der Waals surface area (Å²) in [6.45, 7) is 1.89. The fraction of sp³-hybridized carbons (Fsp3) is 0.133. The van der Waals surface area contributed by atoms with Crippen LogP contribution < -0.4 is 5.32 Å². The lowest BCUT2D eigenvalue weighted by Crippen LogP contribution is -2.11. The molecule has 0 aliphatic carbocycles. The molecule has 0 bridgehead atoms. The third-order valence-corrected chi connectivity index (χ3v) is 4.97. The van der Waals surface area contributed by atoms with E-state index in [9.17, 15) is 4.79 Å².